The van der Waals surface area contributed by atoms with Crippen molar-refractivity contribution >= 4 is 35.2 Å². The number of hydrogen-bond donors (Lipinski definition) is 4. The van der Waals surface area contributed by atoms with E-state index in [1.807, 2.05) is 50.2 Å². The predicted molar refractivity (Wildman–Crippen MR) is 201 cm³/mol. The summed E-state index contributed by atoms with van der Waals surface area (Å²) in [6, 6.07) is 16.7. The first-order chi connectivity index (χ1) is 24.5. The molecule has 274 valence electrons. The number of amides is 2. The molecular formula is C38H49Cl2N7O4. The second kappa shape index (κ2) is 18.0. The number of ether oxygens (including phenoxy) is 2. The van der Waals surface area contributed by atoms with E-state index >= 15 is 0 Å². The molecule has 3 heterocycles. The van der Waals surface area contributed by atoms with E-state index in [-0.39, 0.29) is 24.9 Å². The average Bonchev–Trinajstić information content (AvgIpc) is 3.39. The Kier molecular flexibility index (Phi) is 13.6. The highest BCUT2D eigenvalue weighted by molar-refractivity contribution is 6.32. The molecule has 11 nitrogen and oxygen atoms in total. The second-order valence-electron chi connectivity index (χ2n) is 13.7. The van der Waals surface area contributed by atoms with Gasteiger partial charge < -0.3 is 35.0 Å². The van der Waals surface area contributed by atoms with Crippen LogP contribution in [0.3, 0.4) is 0 Å². The van der Waals surface area contributed by atoms with E-state index in [4.69, 9.17) is 37.9 Å². The van der Waals surface area contributed by atoms with Gasteiger partial charge in [-0.3, -0.25) is 4.79 Å². The fourth-order valence-corrected chi connectivity index (χ4v) is 6.64. The molecule has 0 radical (unpaired) electrons. The van der Waals surface area contributed by atoms with Gasteiger partial charge in [0, 0.05) is 36.9 Å². The molecule has 2 unspecified atom stereocenters. The van der Waals surface area contributed by atoms with Crippen molar-refractivity contribution in [3.63, 3.8) is 0 Å². The number of alkyl carbamates (subject to hydrolysis) is 1. The van der Waals surface area contributed by atoms with E-state index in [2.05, 4.69) is 51.3 Å². The maximum absolute atomic E-state index is 12.8. The summed E-state index contributed by atoms with van der Waals surface area (Å²) in [5.41, 5.74) is 5.21. The van der Waals surface area contributed by atoms with Crippen molar-refractivity contribution in [2.24, 2.45) is 17.8 Å². The Morgan fingerprint density at radius 1 is 0.863 bits per heavy atom. The number of methoxy groups -OCH3 is 1. The molecule has 0 bridgehead atoms. The molecule has 1 aliphatic carbocycles. The summed E-state index contributed by atoms with van der Waals surface area (Å²) in [4.78, 5) is 41.6. The molecule has 13 heteroatoms. The number of rotatable bonds is 12. The lowest BCUT2D eigenvalue weighted by atomic mass is 10.0. The highest BCUT2D eigenvalue weighted by atomic mass is 35.5. The maximum Gasteiger partial charge on any atom is 0.407 e. The number of aromatic amines is 2. The number of benzene rings is 2. The number of carbonyl (C=O) groups excluding carboxylic acids is 2. The SMILES string of the molecule is C1CCOCC1.COC(=O)NCC(=O)N(Cc1nc(-c2ccc(-c3ccc(-c4nc(CNC5C(C)[C@H]5C)[nH]c4Cl)cc3)cc2)c(Cl)[nH]1)CC(C)C. The number of nitrogens with zero attached hydrogens (tertiary/aromatic N) is 3. The molecule has 1 aliphatic heterocycles. The van der Waals surface area contributed by atoms with E-state index in [1.165, 1.54) is 26.4 Å². The second-order valence-corrected chi connectivity index (χ2v) is 14.4. The van der Waals surface area contributed by atoms with Crippen LogP contribution in [-0.4, -0.2) is 76.3 Å². The minimum absolute atomic E-state index is 0.171. The first-order valence-corrected chi connectivity index (χ1v) is 18.4. The Labute approximate surface area is 310 Å². The molecule has 0 spiro atoms. The first kappa shape index (κ1) is 38.3. The van der Waals surface area contributed by atoms with Gasteiger partial charge in [0.2, 0.25) is 5.91 Å². The summed E-state index contributed by atoms with van der Waals surface area (Å²) in [6.07, 6.45) is 3.27. The molecule has 2 aromatic heterocycles. The van der Waals surface area contributed by atoms with E-state index in [0.717, 1.165) is 47.0 Å². The van der Waals surface area contributed by atoms with Crippen LogP contribution in [0.2, 0.25) is 10.3 Å². The third-order valence-corrected chi connectivity index (χ3v) is 9.87. The van der Waals surface area contributed by atoms with Crippen LogP contribution in [0.15, 0.2) is 48.5 Å². The Bertz CT molecular complexity index is 1720. The summed E-state index contributed by atoms with van der Waals surface area (Å²) in [5.74, 6) is 2.73. The van der Waals surface area contributed by atoms with Gasteiger partial charge >= 0.3 is 6.09 Å². The Morgan fingerprint density at radius 3 is 1.82 bits per heavy atom. The number of imidazole rings is 2. The molecule has 51 heavy (non-hydrogen) atoms. The number of nitrogens with one attached hydrogen (secondary N) is 4. The lowest BCUT2D eigenvalue weighted by molar-refractivity contribution is -0.131. The van der Waals surface area contributed by atoms with Crippen LogP contribution in [-0.2, 0) is 27.4 Å². The van der Waals surface area contributed by atoms with Crippen LogP contribution < -0.4 is 10.6 Å². The van der Waals surface area contributed by atoms with Crippen molar-refractivity contribution in [3.05, 3.63) is 70.5 Å². The molecule has 3 atom stereocenters. The highest BCUT2D eigenvalue weighted by Crippen LogP contribution is 2.38. The monoisotopic (exact) mass is 737 g/mol. The number of carbonyl (C=O) groups is 2. The quantitative estimate of drug-likeness (QED) is 0.117. The zero-order valence-electron chi connectivity index (χ0n) is 30.0. The Hall–Kier alpha value is -3.90. The predicted octanol–water partition coefficient (Wildman–Crippen LogP) is 7.71. The highest BCUT2D eigenvalue weighted by Gasteiger charge is 2.42. The van der Waals surface area contributed by atoms with Crippen LogP contribution in [0.5, 0.6) is 0 Å². The molecule has 4 N–H and O–H groups in total. The summed E-state index contributed by atoms with van der Waals surface area (Å²) in [7, 11) is 1.25. The topological polar surface area (TPSA) is 137 Å². The normalized spacial score (nSPS) is 18.2. The van der Waals surface area contributed by atoms with Crippen molar-refractivity contribution in [3.8, 4) is 33.6 Å². The number of halogens is 2. The van der Waals surface area contributed by atoms with E-state index in [1.54, 1.807) is 4.90 Å². The largest absolute Gasteiger partial charge is 0.453 e. The van der Waals surface area contributed by atoms with Gasteiger partial charge in [-0.15, -0.1) is 0 Å². The van der Waals surface area contributed by atoms with Crippen LogP contribution in [0.4, 0.5) is 4.79 Å². The van der Waals surface area contributed by atoms with Crippen molar-refractivity contribution in [2.45, 2.75) is 66.1 Å². The minimum atomic E-state index is -0.659. The molecule has 4 aromatic rings. The van der Waals surface area contributed by atoms with Gasteiger partial charge in [-0.05, 0) is 48.1 Å². The minimum Gasteiger partial charge on any atom is -0.453 e. The van der Waals surface area contributed by atoms with Crippen LogP contribution in [0.1, 0.15) is 58.6 Å². The molecule has 2 aliphatic rings. The van der Waals surface area contributed by atoms with E-state index in [9.17, 15) is 9.59 Å². The lowest BCUT2D eigenvalue weighted by Crippen LogP contribution is -2.41. The van der Waals surface area contributed by atoms with Crippen molar-refractivity contribution < 1.29 is 19.1 Å². The molecule has 2 fully saturated rings. The van der Waals surface area contributed by atoms with Gasteiger partial charge in [-0.2, -0.15) is 0 Å². The lowest BCUT2D eigenvalue weighted by Gasteiger charge is -2.23. The molecule has 6 rings (SSSR count). The summed E-state index contributed by atoms with van der Waals surface area (Å²) in [6.45, 7) is 11.7. The van der Waals surface area contributed by atoms with Gasteiger partial charge in [-0.25, -0.2) is 14.8 Å². The first-order valence-electron chi connectivity index (χ1n) is 17.6. The fraction of sp³-hybridized carbons (Fsp3) is 0.474. The zero-order valence-corrected chi connectivity index (χ0v) is 31.5. The average molecular weight is 739 g/mol. The van der Waals surface area contributed by atoms with E-state index in [0.29, 0.717) is 52.8 Å². The van der Waals surface area contributed by atoms with Gasteiger partial charge in [0.1, 0.15) is 39.9 Å². The van der Waals surface area contributed by atoms with E-state index < -0.39 is 6.09 Å². The van der Waals surface area contributed by atoms with Crippen molar-refractivity contribution in [1.29, 1.82) is 0 Å². The zero-order chi connectivity index (χ0) is 36.5. The number of aromatic nitrogens is 4. The Balaban J connectivity index is 0.000000761. The molecule has 1 saturated carbocycles. The number of hydrogen-bond acceptors (Lipinski definition) is 7. The summed E-state index contributed by atoms with van der Waals surface area (Å²) < 4.78 is 9.64. The number of H-pyrrole nitrogens is 2. The maximum atomic E-state index is 12.8. The standard InChI is InChI=1S/C33H39Cl2N7O3.C5H10O/c1-18(2)16-42(27(43)15-37-33(44)45-5)17-26-39-30(32(35)41-26)24-12-8-22(9-13-24)21-6-10-23(11-7-21)29-31(34)40-25(38-29)14-36-28-19(3)20(28)4;1-2-4-6-5-3-1/h6-13,18-20,28,36H,14-17H2,1-5H3,(H,37,44)(H,38,40)(H,39,41);1-5H2/t19-,20?,28?;/m1./s1. The fourth-order valence-electron chi connectivity index (χ4n) is 6.12. The van der Waals surface area contributed by atoms with Crippen LogP contribution in [0, 0.1) is 17.8 Å². The molecule has 2 amide bonds. The summed E-state index contributed by atoms with van der Waals surface area (Å²) >= 11 is 13.1. The third-order valence-electron chi connectivity index (χ3n) is 9.32. The van der Waals surface area contributed by atoms with Crippen LogP contribution in [0.25, 0.3) is 33.6 Å². The smallest absolute Gasteiger partial charge is 0.407 e. The third kappa shape index (κ3) is 10.6. The molecular weight excluding hydrogens is 689 g/mol. The molecule has 1 saturated heterocycles. The Morgan fingerprint density at radius 2 is 1.37 bits per heavy atom. The summed E-state index contributed by atoms with van der Waals surface area (Å²) in [5, 5.41) is 6.90. The molecule has 2 aromatic carbocycles. The van der Waals surface area contributed by atoms with Gasteiger partial charge in [0.15, 0.2) is 0 Å². The van der Waals surface area contributed by atoms with Crippen LogP contribution >= 0.6 is 23.2 Å². The van der Waals surface area contributed by atoms with Crippen molar-refractivity contribution in [2.75, 3.05) is 33.4 Å². The van der Waals surface area contributed by atoms with Gasteiger partial charge in [-0.1, -0.05) is 99.4 Å². The van der Waals surface area contributed by atoms with Gasteiger partial charge in [0.25, 0.3) is 0 Å². The van der Waals surface area contributed by atoms with Crippen molar-refractivity contribution in [1.82, 2.24) is 35.5 Å². The van der Waals surface area contributed by atoms with Gasteiger partial charge in [0.05, 0.1) is 20.2 Å².